The van der Waals surface area contributed by atoms with Crippen LogP contribution in [0.1, 0.15) is 50.7 Å². The molecule has 5 heteroatoms. The second kappa shape index (κ2) is 9.26. The summed E-state index contributed by atoms with van der Waals surface area (Å²) in [4.78, 5) is 0. The van der Waals surface area contributed by atoms with E-state index < -0.39 is 0 Å². The van der Waals surface area contributed by atoms with Gasteiger partial charge in [-0.1, -0.05) is 26.7 Å². The molecule has 0 atom stereocenters. The van der Waals surface area contributed by atoms with E-state index in [-0.39, 0.29) is 11.1 Å². The van der Waals surface area contributed by atoms with Crippen LogP contribution in [0.25, 0.3) is 0 Å². The number of unbranched alkanes of at least 4 members (excludes halogenated alkanes) is 2. The monoisotopic (exact) mass is 350 g/mol. The molecule has 0 fully saturated rings. The molecule has 0 aliphatic heterocycles. The smallest absolute Gasteiger partial charge is 0.152 e. The maximum atomic E-state index is 9.35. The lowest BCUT2D eigenvalue weighted by molar-refractivity contribution is 0.298. The molecule has 21 heavy (non-hydrogen) atoms. The Morgan fingerprint density at radius 2 is 1.57 bits per heavy atom. The van der Waals surface area contributed by atoms with Crippen molar-refractivity contribution < 1.29 is 9.47 Å². The van der Waals surface area contributed by atoms with Gasteiger partial charge in [0, 0.05) is 0 Å². The van der Waals surface area contributed by atoms with Gasteiger partial charge in [-0.25, -0.2) is 0 Å². The first kappa shape index (κ1) is 17.3. The van der Waals surface area contributed by atoms with E-state index in [4.69, 9.17) is 9.47 Å². The van der Waals surface area contributed by atoms with Crippen molar-refractivity contribution in [1.29, 1.82) is 10.5 Å². The lowest BCUT2D eigenvalue weighted by Crippen LogP contribution is -2.04. The maximum absolute atomic E-state index is 9.35. The summed E-state index contributed by atoms with van der Waals surface area (Å²) < 4.78 is 11.9. The van der Waals surface area contributed by atoms with Gasteiger partial charge in [0.15, 0.2) is 5.75 Å². The van der Waals surface area contributed by atoms with E-state index in [9.17, 15) is 10.5 Å². The molecule has 0 spiro atoms. The van der Waals surface area contributed by atoms with Crippen molar-refractivity contribution in [1.82, 2.24) is 0 Å². The average Bonchev–Trinajstić information content (AvgIpc) is 2.49. The highest BCUT2D eigenvalue weighted by Crippen LogP contribution is 2.37. The van der Waals surface area contributed by atoms with Gasteiger partial charge in [0.2, 0.25) is 0 Å². The molecule has 0 saturated carbocycles. The fraction of sp³-hybridized carbons (Fsp3) is 0.500. The van der Waals surface area contributed by atoms with E-state index in [1.54, 1.807) is 6.07 Å². The van der Waals surface area contributed by atoms with Gasteiger partial charge in [0.05, 0.1) is 17.7 Å². The summed E-state index contributed by atoms with van der Waals surface area (Å²) in [6.07, 6.45) is 3.81. The predicted molar refractivity (Wildman–Crippen MR) is 84.4 cm³/mol. The first-order chi connectivity index (χ1) is 10.2. The molecule has 0 unspecified atom stereocenters. The zero-order valence-electron chi connectivity index (χ0n) is 12.4. The van der Waals surface area contributed by atoms with Gasteiger partial charge in [-0.05, 0) is 34.8 Å². The molecule has 0 saturated heterocycles. The Labute approximate surface area is 134 Å². The molecule has 0 heterocycles. The third kappa shape index (κ3) is 4.65. The first-order valence-electron chi connectivity index (χ1n) is 7.11. The molecule has 0 aromatic heterocycles. The highest BCUT2D eigenvalue weighted by atomic mass is 79.9. The number of halogens is 1. The fourth-order valence-corrected chi connectivity index (χ4v) is 2.25. The molecule has 0 amide bonds. The SMILES string of the molecule is CCCCOc1cc(Br)c(OCCCC)c(C#N)c1C#N. The molecule has 1 rings (SSSR count). The number of ether oxygens (including phenoxy) is 2. The zero-order chi connectivity index (χ0) is 15.7. The van der Waals surface area contributed by atoms with Crippen LogP contribution in [0.2, 0.25) is 0 Å². The van der Waals surface area contributed by atoms with Crippen LogP contribution < -0.4 is 9.47 Å². The van der Waals surface area contributed by atoms with Crippen molar-refractivity contribution in [2.24, 2.45) is 0 Å². The number of hydrogen-bond donors (Lipinski definition) is 0. The van der Waals surface area contributed by atoms with Crippen molar-refractivity contribution in [2.45, 2.75) is 39.5 Å². The third-order valence-corrected chi connectivity index (χ3v) is 3.51. The van der Waals surface area contributed by atoms with Gasteiger partial charge in [-0.15, -0.1) is 0 Å². The Morgan fingerprint density at radius 1 is 1.00 bits per heavy atom. The van der Waals surface area contributed by atoms with E-state index in [1.165, 1.54) is 0 Å². The van der Waals surface area contributed by atoms with Crippen LogP contribution in [0, 0.1) is 22.7 Å². The minimum Gasteiger partial charge on any atom is -0.492 e. The Kier molecular flexibility index (Phi) is 7.64. The lowest BCUT2D eigenvalue weighted by atomic mass is 10.1. The van der Waals surface area contributed by atoms with E-state index in [2.05, 4.69) is 41.9 Å². The number of hydrogen-bond acceptors (Lipinski definition) is 4. The quantitative estimate of drug-likeness (QED) is 0.645. The van der Waals surface area contributed by atoms with Gasteiger partial charge in [-0.3, -0.25) is 0 Å². The summed E-state index contributed by atoms with van der Waals surface area (Å²) in [7, 11) is 0. The summed E-state index contributed by atoms with van der Waals surface area (Å²) in [5.74, 6) is 0.850. The standard InChI is InChI=1S/C16H19BrN2O2/c1-3-5-7-20-15-9-14(17)16(21-8-6-4-2)13(11-19)12(15)10-18/h9H,3-8H2,1-2H3. The molecule has 112 valence electrons. The lowest BCUT2D eigenvalue weighted by Gasteiger charge is -2.14. The van der Waals surface area contributed by atoms with Crippen LogP contribution in [0.5, 0.6) is 11.5 Å². The molecular formula is C16H19BrN2O2. The van der Waals surface area contributed by atoms with Crippen molar-refractivity contribution in [2.75, 3.05) is 13.2 Å². The number of benzene rings is 1. The number of nitrogens with zero attached hydrogens (tertiary/aromatic N) is 2. The second-order valence-corrected chi connectivity index (χ2v) is 5.42. The average molecular weight is 351 g/mol. The van der Waals surface area contributed by atoms with Gasteiger partial charge in [-0.2, -0.15) is 10.5 Å². The van der Waals surface area contributed by atoms with Crippen LogP contribution in [0.15, 0.2) is 10.5 Å². The van der Waals surface area contributed by atoms with Crippen LogP contribution in [-0.4, -0.2) is 13.2 Å². The molecule has 0 bridgehead atoms. The van der Waals surface area contributed by atoms with Crippen molar-refractivity contribution >= 4 is 15.9 Å². The summed E-state index contributed by atoms with van der Waals surface area (Å²) in [6.45, 7) is 5.17. The molecule has 1 aromatic rings. The minimum atomic E-state index is 0.231. The second-order valence-electron chi connectivity index (χ2n) is 4.56. The molecule has 0 radical (unpaired) electrons. The summed E-state index contributed by atoms with van der Waals surface area (Å²) in [6, 6.07) is 5.81. The topological polar surface area (TPSA) is 66.0 Å². The van der Waals surface area contributed by atoms with Crippen molar-refractivity contribution in [3.05, 3.63) is 21.7 Å². The summed E-state index contributed by atoms with van der Waals surface area (Å²) in [5.41, 5.74) is 0.470. The molecular weight excluding hydrogens is 332 g/mol. The van der Waals surface area contributed by atoms with Crippen LogP contribution in [-0.2, 0) is 0 Å². The van der Waals surface area contributed by atoms with Crippen molar-refractivity contribution in [3.8, 4) is 23.6 Å². The van der Waals surface area contributed by atoms with Crippen molar-refractivity contribution in [3.63, 3.8) is 0 Å². The Hall–Kier alpha value is -1.72. The molecule has 4 nitrogen and oxygen atoms in total. The van der Waals surface area contributed by atoms with E-state index >= 15 is 0 Å². The third-order valence-electron chi connectivity index (χ3n) is 2.92. The minimum absolute atomic E-state index is 0.231. The predicted octanol–water partition coefficient (Wildman–Crippen LogP) is 4.55. The van der Waals surface area contributed by atoms with Gasteiger partial charge in [0.25, 0.3) is 0 Å². The van der Waals surface area contributed by atoms with Gasteiger partial charge in [0.1, 0.15) is 29.0 Å². The fourth-order valence-electron chi connectivity index (χ4n) is 1.73. The van der Waals surface area contributed by atoms with Crippen LogP contribution >= 0.6 is 15.9 Å². The largest absolute Gasteiger partial charge is 0.492 e. The maximum Gasteiger partial charge on any atom is 0.152 e. The van der Waals surface area contributed by atoms with Gasteiger partial charge < -0.3 is 9.47 Å². The van der Waals surface area contributed by atoms with Gasteiger partial charge >= 0.3 is 0 Å². The summed E-state index contributed by atoms with van der Waals surface area (Å²) >= 11 is 3.40. The van der Waals surface area contributed by atoms with Crippen LogP contribution in [0.3, 0.4) is 0 Å². The van der Waals surface area contributed by atoms with E-state index in [0.717, 1.165) is 25.7 Å². The first-order valence-corrected chi connectivity index (χ1v) is 7.91. The highest BCUT2D eigenvalue weighted by molar-refractivity contribution is 9.10. The normalized spacial score (nSPS) is 9.76. The Morgan fingerprint density at radius 3 is 2.10 bits per heavy atom. The van der Waals surface area contributed by atoms with E-state index in [1.807, 2.05) is 0 Å². The van der Waals surface area contributed by atoms with E-state index in [0.29, 0.717) is 29.2 Å². The molecule has 1 aromatic carbocycles. The Balaban J connectivity index is 3.12. The van der Waals surface area contributed by atoms with Crippen LogP contribution in [0.4, 0.5) is 0 Å². The highest BCUT2D eigenvalue weighted by Gasteiger charge is 2.19. The summed E-state index contributed by atoms with van der Waals surface area (Å²) in [5, 5.41) is 18.7. The molecule has 0 aliphatic rings. The number of nitriles is 2. The Bertz CT molecular complexity index is 559. The number of rotatable bonds is 8. The zero-order valence-corrected chi connectivity index (χ0v) is 14.0. The molecule has 0 aliphatic carbocycles. The molecule has 0 N–H and O–H groups in total.